The maximum absolute atomic E-state index is 13.5. The van der Waals surface area contributed by atoms with Crippen LogP contribution in [0, 0.1) is 18.3 Å². The highest BCUT2D eigenvalue weighted by Gasteiger charge is 2.40. The topological polar surface area (TPSA) is 66.1 Å². The van der Waals surface area contributed by atoms with E-state index in [-0.39, 0.29) is 21.9 Å². The molecule has 144 valence electrons. The molecule has 1 aromatic heterocycles. The molecule has 1 aliphatic rings. The monoisotopic (exact) mass is 423 g/mol. The number of anilines is 1. The first kappa shape index (κ1) is 19.3. The molecule has 7 heteroatoms. The Labute approximate surface area is 177 Å². The number of hydrogen-bond donors (Lipinski definition) is 0. The van der Waals surface area contributed by atoms with Gasteiger partial charge in [-0.05, 0) is 36.8 Å². The van der Waals surface area contributed by atoms with Crippen molar-refractivity contribution in [2.24, 2.45) is 0 Å². The van der Waals surface area contributed by atoms with Gasteiger partial charge in [0, 0.05) is 29.8 Å². The van der Waals surface area contributed by atoms with Crippen molar-refractivity contribution in [2.45, 2.75) is 19.9 Å². The van der Waals surface area contributed by atoms with Crippen molar-refractivity contribution in [3.63, 3.8) is 0 Å². The van der Waals surface area contributed by atoms with Crippen LogP contribution in [0.3, 0.4) is 0 Å². The largest absolute Gasteiger partial charge is 0.287 e. The normalized spacial score (nSPS) is 14.7. The minimum absolute atomic E-state index is 0.160. The molecule has 3 aromatic rings. The number of amides is 1. The van der Waals surface area contributed by atoms with Crippen molar-refractivity contribution in [2.75, 3.05) is 4.90 Å². The fraction of sp³-hybridized carbons (Fsp3) is 0.136. The van der Waals surface area contributed by atoms with Gasteiger partial charge in [-0.3, -0.25) is 19.1 Å². The minimum Gasteiger partial charge on any atom is -0.287 e. The number of nitriles is 1. The Hall–Kier alpha value is -3.07. The van der Waals surface area contributed by atoms with Crippen molar-refractivity contribution in [3.8, 4) is 17.3 Å². The number of rotatable bonds is 1. The van der Waals surface area contributed by atoms with Crippen LogP contribution < -0.4 is 4.90 Å². The summed E-state index contributed by atoms with van der Waals surface area (Å²) in [5, 5.41) is 10.5. The molecular weight excluding hydrogens is 409 g/mol. The highest BCUT2D eigenvalue weighted by Crippen LogP contribution is 2.51. The summed E-state index contributed by atoms with van der Waals surface area (Å²) in [6.45, 7) is 3.26. The van der Waals surface area contributed by atoms with E-state index in [1.807, 2.05) is 13.0 Å². The second kappa shape index (κ2) is 7.07. The summed E-state index contributed by atoms with van der Waals surface area (Å²) in [7, 11) is 0. The summed E-state index contributed by atoms with van der Waals surface area (Å²) in [6.07, 6.45) is 1.68. The van der Waals surface area contributed by atoms with Crippen LogP contribution in [0.5, 0.6) is 0 Å². The van der Waals surface area contributed by atoms with Gasteiger partial charge in [0.15, 0.2) is 6.04 Å². The third-order valence-corrected chi connectivity index (χ3v) is 5.84. The predicted octanol–water partition coefficient (Wildman–Crippen LogP) is 5.66. The van der Waals surface area contributed by atoms with Crippen LogP contribution in [-0.2, 0) is 0 Å². The van der Waals surface area contributed by atoms with Gasteiger partial charge in [0.25, 0.3) is 5.91 Å². The molecule has 1 atom stereocenters. The van der Waals surface area contributed by atoms with E-state index in [4.69, 9.17) is 23.2 Å². The van der Waals surface area contributed by atoms with Crippen molar-refractivity contribution in [1.82, 2.24) is 4.57 Å². The van der Waals surface area contributed by atoms with Crippen LogP contribution >= 0.6 is 23.2 Å². The van der Waals surface area contributed by atoms with E-state index in [9.17, 15) is 14.9 Å². The Morgan fingerprint density at radius 3 is 2.41 bits per heavy atom. The van der Waals surface area contributed by atoms with Gasteiger partial charge in [-0.15, -0.1) is 0 Å². The van der Waals surface area contributed by atoms with Gasteiger partial charge in [0.05, 0.1) is 27.5 Å². The van der Waals surface area contributed by atoms with Crippen LogP contribution in [0.15, 0.2) is 48.7 Å². The third kappa shape index (κ3) is 2.84. The van der Waals surface area contributed by atoms with Crippen molar-refractivity contribution < 1.29 is 9.59 Å². The van der Waals surface area contributed by atoms with Crippen molar-refractivity contribution >= 4 is 40.7 Å². The quantitative estimate of drug-likeness (QED) is 0.507. The van der Waals surface area contributed by atoms with Gasteiger partial charge in [0.2, 0.25) is 5.91 Å². The lowest BCUT2D eigenvalue weighted by Gasteiger charge is -2.35. The zero-order valence-corrected chi connectivity index (χ0v) is 17.1. The summed E-state index contributed by atoms with van der Waals surface area (Å²) in [5.41, 5.74) is 3.23. The molecule has 0 bridgehead atoms. The Kier molecular flexibility index (Phi) is 4.70. The molecular formula is C22H15Cl2N3O2. The van der Waals surface area contributed by atoms with Gasteiger partial charge in [-0.2, -0.15) is 5.26 Å². The molecule has 4 rings (SSSR count). The third-order valence-electron chi connectivity index (χ3n) is 5.04. The molecule has 0 spiro atoms. The molecule has 1 aliphatic heterocycles. The van der Waals surface area contributed by atoms with Crippen LogP contribution in [-0.4, -0.2) is 16.4 Å². The number of aryl methyl sites for hydroxylation is 1. The zero-order valence-electron chi connectivity index (χ0n) is 15.6. The average molecular weight is 424 g/mol. The molecule has 29 heavy (non-hydrogen) atoms. The first-order valence-electron chi connectivity index (χ1n) is 8.86. The Bertz CT molecular complexity index is 1210. The summed E-state index contributed by atoms with van der Waals surface area (Å²) in [4.78, 5) is 27.1. The second-order valence-electron chi connectivity index (χ2n) is 6.79. The van der Waals surface area contributed by atoms with Crippen molar-refractivity contribution in [3.05, 3.63) is 75.4 Å². The lowest BCUT2D eigenvalue weighted by molar-refractivity contribution is 0.0938. The predicted molar refractivity (Wildman–Crippen MR) is 113 cm³/mol. The number of nitrogens with zero attached hydrogens (tertiary/aromatic N) is 3. The Morgan fingerprint density at radius 2 is 1.79 bits per heavy atom. The minimum atomic E-state index is -0.957. The smallest absolute Gasteiger partial charge is 0.259 e. The summed E-state index contributed by atoms with van der Waals surface area (Å²) in [5.74, 6) is -0.575. The van der Waals surface area contributed by atoms with E-state index in [0.29, 0.717) is 28.1 Å². The standard InChI is InChI=1S/C22H15Cl2N3O2/c1-12-11-26(13(2)28)20-15-8-9-16(23)19(24)21(15)27(17(10-25)18(12)20)22(29)14-6-4-3-5-7-14/h3-9,11,17H,1-2H3. The molecule has 2 aromatic carbocycles. The molecule has 2 heterocycles. The van der Waals surface area contributed by atoms with Gasteiger partial charge >= 0.3 is 0 Å². The lowest BCUT2D eigenvalue weighted by atomic mass is 9.91. The molecule has 0 N–H and O–H groups in total. The fourth-order valence-corrected chi connectivity index (χ4v) is 4.21. The second-order valence-corrected chi connectivity index (χ2v) is 7.58. The molecule has 0 radical (unpaired) electrons. The molecule has 5 nitrogen and oxygen atoms in total. The van der Waals surface area contributed by atoms with Gasteiger partial charge in [-0.1, -0.05) is 41.4 Å². The molecule has 0 saturated carbocycles. The Balaban J connectivity index is 2.08. The number of halogens is 2. The maximum atomic E-state index is 13.5. The van der Waals surface area contributed by atoms with Crippen LogP contribution in [0.1, 0.15) is 39.2 Å². The van der Waals surface area contributed by atoms with E-state index in [1.165, 1.54) is 16.4 Å². The van der Waals surface area contributed by atoms with Gasteiger partial charge in [0.1, 0.15) is 0 Å². The molecule has 1 unspecified atom stereocenters. The maximum Gasteiger partial charge on any atom is 0.259 e. The number of aromatic nitrogens is 1. The molecule has 0 fully saturated rings. The summed E-state index contributed by atoms with van der Waals surface area (Å²) >= 11 is 12.8. The highest BCUT2D eigenvalue weighted by molar-refractivity contribution is 6.45. The number of fused-ring (bicyclic) bond motifs is 3. The molecule has 0 saturated heterocycles. The SMILES string of the molecule is CC(=O)n1cc(C)c2c1-c1ccc(Cl)c(Cl)c1N(C(=O)c1ccccc1)C2C#N. The highest BCUT2D eigenvalue weighted by atomic mass is 35.5. The first-order valence-corrected chi connectivity index (χ1v) is 9.61. The fourth-order valence-electron chi connectivity index (χ4n) is 3.80. The van der Waals surface area contributed by atoms with E-state index in [2.05, 4.69) is 6.07 Å². The number of benzene rings is 2. The molecule has 0 aliphatic carbocycles. The molecule has 1 amide bonds. The van der Waals surface area contributed by atoms with E-state index < -0.39 is 6.04 Å². The number of hydrogen-bond acceptors (Lipinski definition) is 3. The number of carbonyl (C=O) groups is 2. The van der Waals surface area contributed by atoms with Gasteiger partial charge in [-0.25, -0.2) is 0 Å². The first-order chi connectivity index (χ1) is 13.9. The zero-order chi connectivity index (χ0) is 20.9. The van der Waals surface area contributed by atoms with Crippen LogP contribution in [0.25, 0.3) is 11.3 Å². The van der Waals surface area contributed by atoms with Gasteiger partial charge < -0.3 is 0 Å². The Morgan fingerprint density at radius 1 is 1.10 bits per heavy atom. The number of carbonyl (C=O) groups excluding carboxylic acids is 2. The van der Waals surface area contributed by atoms with E-state index in [0.717, 1.165) is 5.56 Å². The lowest BCUT2D eigenvalue weighted by Crippen LogP contribution is -2.37. The van der Waals surface area contributed by atoms with Crippen LogP contribution in [0.4, 0.5) is 5.69 Å². The van der Waals surface area contributed by atoms with E-state index in [1.54, 1.807) is 42.6 Å². The average Bonchev–Trinajstić information content (AvgIpc) is 3.07. The van der Waals surface area contributed by atoms with Crippen molar-refractivity contribution in [1.29, 1.82) is 5.26 Å². The summed E-state index contributed by atoms with van der Waals surface area (Å²) < 4.78 is 1.49. The summed E-state index contributed by atoms with van der Waals surface area (Å²) in [6, 6.07) is 13.3. The van der Waals surface area contributed by atoms with E-state index >= 15 is 0 Å². The van der Waals surface area contributed by atoms with Crippen LogP contribution in [0.2, 0.25) is 10.0 Å².